The van der Waals surface area contributed by atoms with Gasteiger partial charge in [0.05, 0.1) is 6.04 Å². The SMILES string of the molecule is CCCC(N)CC(=O)NC(C)c1ccc(F)c(F)c1. The van der Waals surface area contributed by atoms with E-state index in [4.69, 9.17) is 5.73 Å². The lowest BCUT2D eigenvalue weighted by molar-refractivity contribution is -0.122. The van der Waals surface area contributed by atoms with Crippen LogP contribution >= 0.6 is 0 Å². The first-order valence-corrected chi connectivity index (χ1v) is 6.44. The Morgan fingerprint density at radius 1 is 1.37 bits per heavy atom. The van der Waals surface area contributed by atoms with Gasteiger partial charge in [0.25, 0.3) is 0 Å². The highest BCUT2D eigenvalue weighted by molar-refractivity contribution is 5.77. The highest BCUT2D eigenvalue weighted by Gasteiger charge is 2.14. The quantitative estimate of drug-likeness (QED) is 0.835. The van der Waals surface area contributed by atoms with E-state index in [0.717, 1.165) is 25.0 Å². The number of halogens is 2. The van der Waals surface area contributed by atoms with E-state index in [1.807, 2.05) is 6.92 Å². The minimum Gasteiger partial charge on any atom is -0.350 e. The van der Waals surface area contributed by atoms with Crippen molar-refractivity contribution < 1.29 is 13.6 Å². The largest absolute Gasteiger partial charge is 0.350 e. The summed E-state index contributed by atoms with van der Waals surface area (Å²) in [6, 6.07) is 3.05. The Hall–Kier alpha value is -1.49. The lowest BCUT2D eigenvalue weighted by atomic mass is 10.1. The third-order valence-corrected chi connectivity index (χ3v) is 2.93. The molecule has 0 fully saturated rings. The van der Waals surface area contributed by atoms with E-state index in [-0.39, 0.29) is 24.4 Å². The molecule has 0 aliphatic carbocycles. The topological polar surface area (TPSA) is 55.1 Å². The Morgan fingerprint density at radius 2 is 2.05 bits per heavy atom. The molecule has 0 aliphatic rings. The molecule has 2 unspecified atom stereocenters. The van der Waals surface area contributed by atoms with Crippen molar-refractivity contribution in [3.63, 3.8) is 0 Å². The van der Waals surface area contributed by atoms with Crippen LogP contribution in [-0.4, -0.2) is 11.9 Å². The lowest BCUT2D eigenvalue weighted by Crippen LogP contribution is -2.33. The van der Waals surface area contributed by atoms with Gasteiger partial charge in [0, 0.05) is 12.5 Å². The normalized spacial score (nSPS) is 13.9. The Balaban J connectivity index is 2.56. The molecule has 0 heterocycles. The van der Waals surface area contributed by atoms with Gasteiger partial charge in [0.15, 0.2) is 11.6 Å². The van der Waals surface area contributed by atoms with Crippen molar-refractivity contribution in [1.29, 1.82) is 0 Å². The maximum absolute atomic E-state index is 13.1. The average molecular weight is 270 g/mol. The molecule has 3 nitrogen and oxygen atoms in total. The molecular formula is C14H20F2N2O. The lowest BCUT2D eigenvalue weighted by Gasteiger charge is -2.16. The molecule has 19 heavy (non-hydrogen) atoms. The number of nitrogens with one attached hydrogen (secondary N) is 1. The van der Waals surface area contributed by atoms with Gasteiger partial charge < -0.3 is 11.1 Å². The molecule has 1 rings (SSSR count). The van der Waals surface area contributed by atoms with Crippen LogP contribution in [0.2, 0.25) is 0 Å². The summed E-state index contributed by atoms with van der Waals surface area (Å²) in [6.45, 7) is 3.72. The summed E-state index contributed by atoms with van der Waals surface area (Å²) in [5, 5.41) is 2.72. The van der Waals surface area contributed by atoms with Gasteiger partial charge >= 0.3 is 0 Å². The molecule has 1 amide bonds. The van der Waals surface area contributed by atoms with Crippen molar-refractivity contribution in [1.82, 2.24) is 5.32 Å². The number of hydrogen-bond donors (Lipinski definition) is 2. The zero-order valence-corrected chi connectivity index (χ0v) is 11.2. The highest BCUT2D eigenvalue weighted by atomic mass is 19.2. The standard InChI is InChI=1S/C14H20F2N2O/c1-3-4-11(17)8-14(19)18-9(2)10-5-6-12(15)13(16)7-10/h5-7,9,11H,3-4,8,17H2,1-2H3,(H,18,19). The maximum Gasteiger partial charge on any atom is 0.222 e. The molecule has 0 aromatic heterocycles. The minimum atomic E-state index is -0.915. The first-order chi connectivity index (χ1) is 8.93. The number of carbonyl (C=O) groups is 1. The van der Waals surface area contributed by atoms with Gasteiger partial charge in [0.2, 0.25) is 5.91 Å². The summed E-state index contributed by atoms with van der Waals surface area (Å²) >= 11 is 0. The zero-order valence-electron chi connectivity index (χ0n) is 11.2. The number of benzene rings is 1. The third kappa shape index (κ3) is 4.95. The van der Waals surface area contributed by atoms with Gasteiger partial charge in [-0.2, -0.15) is 0 Å². The number of amides is 1. The van der Waals surface area contributed by atoms with Gasteiger partial charge in [-0.15, -0.1) is 0 Å². The van der Waals surface area contributed by atoms with E-state index in [1.54, 1.807) is 6.92 Å². The molecule has 2 atom stereocenters. The molecule has 0 saturated carbocycles. The van der Waals surface area contributed by atoms with Crippen molar-refractivity contribution in [3.8, 4) is 0 Å². The average Bonchev–Trinajstić information content (AvgIpc) is 2.32. The number of rotatable bonds is 6. The van der Waals surface area contributed by atoms with Crippen LogP contribution in [0.15, 0.2) is 18.2 Å². The number of hydrogen-bond acceptors (Lipinski definition) is 2. The van der Waals surface area contributed by atoms with E-state index in [1.165, 1.54) is 6.07 Å². The molecular weight excluding hydrogens is 250 g/mol. The van der Waals surface area contributed by atoms with Gasteiger partial charge in [-0.3, -0.25) is 4.79 Å². The molecule has 0 bridgehead atoms. The Bertz CT molecular complexity index is 437. The van der Waals surface area contributed by atoms with E-state index in [9.17, 15) is 13.6 Å². The van der Waals surface area contributed by atoms with E-state index in [0.29, 0.717) is 5.56 Å². The molecule has 0 saturated heterocycles. The Morgan fingerprint density at radius 3 is 2.63 bits per heavy atom. The van der Waals surface area contributed by atoms with E-state index < -0.39 is 11.6 Å². The smallest absolute Gasteiger partial charge is 0.222 e. The maximum atomic E-state index is 13.1. The van der Waals surface area contributed by atoms with E-state index in [2.05, 4.69) is 5.32 Å². The van der Waals surface area contributed by atoms with Gasteiger partial charge in [-0.05, 0) is 31.0 Å². The second-order valence-electron chi connectivity index (χ2n) is 4.72. The number of nitrogens with two attached hydrogens (primary N) is 1. The first kappa shape index (κ1) is 15.6. The molecule has 0 aliphatic heterocycles. The van der Waals surface area contributed by atoms with Crippen LogP contribution in [0.25, 0.3) is 0 Å². The highest BCUT2D eigenvalue weighted by Crippen LogP contribution is 2.16. The minimum absolute atomic E-state index is 0.165. The third-order valence-electron chi connectivity index (χ3n) is 2.93. The molecule has 106 valence electrons. The van der Waals surface area contributed by atoms with Crippen molar-refractivity contribution in [2.75, 3.05) is 0 Å². The fraction of sp³-hybridized carbons (Fsp3) is 0.500. The van der Waals surface area contributed by atoms with Crippen molar-refractivity contribution >= 4 is 5.91 Å². The summed E-state index contributed by atoms with van der Waals surface area (Å²) in [7, 11) is 0. The first-order valence-electron chi connectivity index (χ1n) is 6.44. The molecule has 1 aromatic carbocycles. The Labute approximate surface area is 112 Å². The summed E-state index contributed by atoms with van der Waals surface area (Å²) in [4.78, 5) is 11.7. The Kier molecular flexibility index (Phi) is 5.89. The fourth-order valence-electron chi connectivity index (χ4n) is 1.88. The van der Waals surface area contributed by atoms with Gasteiger partial charge in [-0.25, -0.2) is 8.78 Å². The molecule has 1 aromatic rings. The van der Waals surface area contributed by atoms with Crippen molar-refractivity contribution in [2.45, 2.75) is 45.2 Å². The van der Waals surface area contributed by atoms with Gasteiger partial charge in [-0.1, -0.05) is 19.4 Å². The van der Waals surface area contributed by atoms with Crippen LogP contribution in [0.5, 0.6) is 0 Å². The predicted molar refractivity (Wildman–Crippen MR) is 70.4 cm³/mol. The summed E-state index contributed by atoms with van der Waals surface area (Å²) in [5.74, 6) is -1.99. The van der Waals surface area contributed by atoms with Crippen LogP contribution in [0.1, 0.15) is 44.7 Å². The zero-order chi connectivity index (χ0) is 14.4. The second-order valence-corrected chi connectivity index (χ2v) is 4.72. The van der Waals surface area contributed by atoms with Crippen LogP contribution in [0, 0.1) is 11.6 Å². The second kappa shape index (κ2) is 7.19. The van der Waals surface area contributed by atoms with Crippen molar-refractivity contribution in [3.05, 3.63) is 35.4 Å². The van der Waals surface area contributed by atoms with Gasteiger partial charge in [0.1, 0.15) is 0 Å². The number of carbonyl (C=O) groups excluding carboxylic acids is 1. The van der Waals surface area contributed by atoms with Crippen molar-refractivity contribution in [2.24, 2.45) is 5.73 Å². The summed E-state index contributed by atoms with van der Waals surface area (Å²) in [5.41, 5.74) is 6.30. The molecule has 0 radical (unpaired) electrons. The molecule has 3 N–H and O–H groups in total. The molecule has 0 spiro atoms. The molecule has 5 heteroatoms. The van der Waals surface area contributed by atoms with Crippen LogP contribution in [-0.2, 0) is 4.79 Å². The van der Waals surface area contributed by atoms with Crippen LogP contribution < -0.4 is 11.1 Å². The summed E-state index contributed by atoms with van der Waals surface area (Å²) in [6.07, 6.45) is 1.95. The van der Waals surface area contributed by atoms with E-state index >= 15 is 0 Å². The fourth-order valence-corrected chi connectivity index (χ4v) is 1.88. The van der Waals surface area contributed by atoms with Crippen LogP contribution in [0.3, 0.4) is 0 Å². The summed E-state index contributed by atoms with van der Waals surface area (Å²) < 4.78 is 25.9. The monoisotopic (exact) mass is 270 g/mol. The van der Waals surface area contributed by atoms with Crippen LogP contribution in [0.4, 0.5) is 8.78 Å². The predicted octanol–water partition coefficient (Wildman–Crippen LogP) is 2.66.